The number of carbonyl (C=O) groups is 9. The number of nitrogen functional groups attached to an aromatic ring is 1. The predicted octanol–water partition coefficient (Wildman–Crippen LogP) is 4.23. The van der Waals surface area contributed by atoms with Crippen LogP contribution >= 0.6 is 0 Å². The van der Waals surface area contributed by atoms with Gasteiger partial charge in [-0.25, -0.2) is 24.4 Å². The molecule has 72 heavy (non-hydrogen) atoms. The van der Waals surface area contributed by atoms with Crippen molar-refractivity contribution in [2.75, 3.05) is 25.3 Å². The molecular formula is C49H45N8O14S-. The Labute approximate surface area is 409 Å². The summed E-state index contributed by atoms with van der Waals surface area (Å²) in [5.41, 5.74) is 12.6. The molecule has 0 spiro atoms. The second-order valence-electron chi connectivity index (χ2n) is 20.4. The van der Waals surface area contributed by atoms with Gasteiger partial charge in [-0.3, -0.25) is 52.7 Å². The number of allylic oxidation sites excluding steroid dienone is 8. The van der Waals surface area contributed by atoms with Gasteiger partial charge < -0.3 is 22.2 Å². The van der Waals surface area contributed by atoms with Gasteiger partial charge in [-0.15, -0.1) is 0 Å². The van der Waals surface area contributed by atoms with Gasteiger partial charge in [-0.05, 0) is 109 Å². The minimum Gasteiger partial charge on any atom is -0.478 e. The molecule has 0 aromatic heterocycles. The van der Waals surface area contributed by atoms with Crippen molar-refractivity contribution in [3.8, 4) is 0 Å². The van der Waals surface area contributed by atoms with Crippen LogP contribution in [0.1, 0.15) is 36.0 Å². The molecule has 14 rings (SSSR count). The number of carboxylic acids is 1. The molecule has 22 nitrogen and oxygen atoms in total. The molecular weight excluding hydrogens is 957 g/mol. The lowest BCUT2D eigenvalue weighted by atomic mass is 9.85. The number of hydrogen-bond acceptors (Lipinski definition) is 14. The Hall–Kier alpha value is -7.50. The topological polar surface area (TPSA) is 347 Å². The number of rotatable bonds is 5. The number of carbonyl (C=O) groups excluding carboxylic acids is 8. The molecule has 0 radical (unpaired) electrons. The van der Waals surface area contributed by atoms with E-state index in [9.17, 15) is 48.3 Å². The van der Waals surface area contributed by atoms with E-state index in [-0.39, 0.29) is 135 Å². The summed E-state index contributed by atoms with van der Waals surface area (Å²) >= 11 is 0. The normalized spacial score (nSPS) is 36.8. The van der Waals surface area contributed by atoms with Gasteiger partial charge >= 0.3 is 16.4 Å². The summed E-state index contributed by atoms with van der Waals surface area (Å²) in [4.78, 5) is 122. The van der Waals surface area contributed by atoms with Crippen molar-refractivity contribution < 1.29 is 65.8 Å². The van der Waals surface area contributed by atoms with E-state index in [2.05, 4.69) is 0 Å². The maximum absolute atomic E-state index is 13.3. The molecule has 16 atom stereocenters. The van der Waals surface area contributed by atoms with E-state index in [0.29, 0.717) is 17.1 Å². The molecule has 8 bridgehead atoms. The Morgan fingerprint density at radius 2 is 0.653 bits per heavy atom. The lowest BCUT2D eigenvalue weighted by Gasteiger charge is -2.22. The van der Waals surface area contributed by atoms with Gasteiger partial charge in [0.1, 0.15) is 0 Å². The van der Waals surface area contributed by atoms with E-state index in [1.807, 2.05) is 53.8 Å². The molecule has 2 aromatic carbocycles. The first-order valence-corrected chi connectivity index (χ1v) is 24.9. The van der Waals surface area contributed by atoms with Crippen LogP contribution in [0.3, 0.4) is 0 Å². The molecule has 8 amide bonds. The number of hydrogen-bond donors (Lipinski definition) is 5. The zero-order chi connectivity index (χ0) is 51.1. The second kappa shape index (κ2) is 16.5. The van der Waals surface area contributed by atoms with Crippen molar-refractivity contribution in [2.24, 2.45) is 99.9 Å². The Kier molecular flexibility index (Phi) is 10.8. The van der Waals surface area contributed by atoms with Crippen LogP contribution < -0.4 is 25.3 Å². The van der Waals surface area contributed by atoms with Crippen LogP contribution in [0.4, 0.5) is 28.4 Å². The van der Waals surface area contributed by atoms with Gasteiger partial charge in [0.25, 0.3) is 0 Å². The fraction of sp³-hybridized carbons (Fsp3) is 0.408. The maximum atomic E-state index is 13.3. The SMILES string of the molecule is N=N[NH-].Nc1cc(N2C(=O)C3C4C=CC(C4)C3C2=O)cc(N2C(=O)C3C4C=CC(C4)C3C2=O)c1.O=C(O)c1cc(N2C(=O)C3C4C=CC(C4)C3C2=O)cc(N2C(=O)C3C4C=CC(C4)C3C2=O)c1.O=S(=O)(O)O. The highest BCUT2D eigenvalue weighted by atomic mass is 32.3. The number of aromatic carboxylic acids is 1. The van der Waals surface area contributed by atoms with E-state index in [1.54, 1.807) is 18.2 Å². The smallest absolute Gasteiger partial charge is 0.394 e. The first-order chi connectivity index (χ1) is 34.2. The summed E-state index contributed by atoms with van der Waals surface area (Å²) in [7, 11) is -4.67. The van der Waals surface area contributed by atoms with Gasteiger partial charge in [0.2, 0.25) is 47.3 Å². The van der Waals surface area contributed by atoms with Crippen molar-refractivity contribution in [1.29, 1.82) is 5.53 Å². The maximum Gasteiger partial charge on any atom is 0.394 e. The van der Waals surface area contributed by atoms with E-state index in [0.717, 1.165) is 35.5 Å². The first kappa shape index (κ1) is 46.9. The van der Waals surface area contributed by atoms with E-state index < -0.39 is 40.0 Å². The molecule has 12 aliphatic rings. The van der Waals surface area contributed by atoms with Crippen LogP contribution in [0.5, 0.6) is 0 Å². The van der Waals surface area contributed by atoms with Crippen LogP contribution in [0, 0.1) is 100 Å². The molecule has 23 heteroatoms. The molecule has 16 unspecified atom stereocenters. The fourth-order valence-electron chi connectivity index (χ4n) is 14.5. The molecule has 8 fully saturated rings. The van der Waals surface area contributed by atoms with Crippen molar-refractivity contribution in [3.05, 3.63) is 96.4 Å². The number of nitrogens with two attached hydrogens (primary N) is 1. The average Bonchev–Trinajstić information content (AvgIpc) is 4.17. The Morgan fingerprint density at radius 3 is 0.833 bits per heavy atom. The molecule has 8 aliphatic carbocycles. The third-order valence-corrected chi connectivity index (χ3v) is 17.0. The number of carboxylic acid groups (broad SMARTS) is 1. The average molecular weight is 1000 g/mol. The van der Waals surface area contributed by atoms with Crippen LogP contribution in [0.15, 0.2) is 90.2 Å². The zero-order valence-electron chi connectivity index (χ0n) is 37.7. The van der Waals surface area contributed by atoms with Gasteiger partial charge in [-0.1, -0.05) is 48.6 Å². The van der Waals surface area contributed by atoms with Crippen LogP contribution in [0.25, 0.3) is 5.84 Å². The van der Waals surface area contributed by atoms with Gasteiger partial charge in [0.15, 0.2) is 0 Å². The molecule has 372 valence electrons. The van der Waals surface area contributed by atoms with Crippen molar-refractivity contribution in [2.45, 2.75) is 25.7 Å². The third kappa shape index (κ3) is 6.94. The fourth-order valence-corrected chi connectivity index (χ4v) is 14.5. The summed E-state index contributed by atoms with van der Waals surface area (Å²) < 4.78 is 31.6. The predicted molar refractivity (Wildman–Crippen MR) is 249 cm³/mol. The lowest BCUT2D eigenvalue weighted by molar-refractivity contribution is -0.124. The Balaban J connectivity index is 0.000000136. The summed E-state index contributed by atoms with van der Waals surface area (Å²) in [6.07, 6.45) is 19.4. The molecule has 7 N–H and O–H groups in total. The van der Waals surface area contributed by atoms with E-state index >= 15 is 0 Å². The van der Waals surface area contributed by atoms with Crippen molar-refractivity contribution in [1.82, 2.24) is 0 Å². The minimum absolute atomic E-state index is 0.0210. The Morgan fingerprint density at radius 1 is 0.472 bits per heavy atom. The standard InChI is InChI=1S/C25H20N2O6.C24H21N3O4.H2N3.H2O4S/c28-21-17-10-1-2-11(5-10)18(17)22(29)26(21)15-7-14(25(32)33)8-16(9-15)27-23(30)19-12-3-4-13(6-12)20(19)24(27)31;25-14-7-15(26-21(28)17-10-1-2-11(5-10)18(17)22(26)29)9-16(8-14)27-23(30)19-12-3-4-13(6-12)20(19)24(27)31;1-3-2;1-5(2,3)4/h1-4,7-13,17-20H,5-6H2,(H,32,33);1-4,7-13,17-20H,5-6,25H2;(H2-,1,2);(H2,1,2,3,4)/q;;-1;. The van der Waals surface area contributed by atoms with Crippen LogP contribution in [0.2, 0.25) is 0 Å². The Bertz CT molecular complexity index is 2830. The summed E-state index contributed by atoms with van der Waals surface area (Å²) in [5.74, 6) is -0.401. The number of fused-ring (bicyclic) bond motifs is 20. The van der Waals surface area contributed by atoms with E-state index in [1.165, 1.54) is 28.0 Å². The number of anilines is 5. The van der Waals surface area contributed by atoms with Gasteiger partial charge in [0, 0.05) is 5.69 Å². The second-order valence-corrected chi connectivity index (χ2v) is 21.3. The number of benzene rings is 2. The molecule has 2 aromatic rings. The number of amides is 8. The molecule has 4 heterocycles. The van der Waals surface area contributed by atoms with Crippen LogP contribution in [-0.4, -0.2) is 75.9 Å². The highest BCUT2D eigenvalue weighted by molar-refractivity contribution is 7.79. The summed E-state index contributed by atoms with van der Waals surface area (Å²) in [6, 6.07) is 8.73. The van der Waals surface area contributed by atoms with E-state index in [4.69, 9.17) is 34.6 Å². The summed E-state index contributed by atoms with van der Waals surface area (Å²) in [5, 5.41) is 11.7. The summed E-state index contributed by atoms with van der Waals surface area (Å²) in [6.45, 7) is 0. The van der Waals surface area contributed by atoms with Crippen molar-refractivity contribution >= 4 is 92.1 Å². The monoisotopic (exact) mass is 1000 g/mol. The first-order valence-electron chi connectivity index (χ1n) is 23.5. The quantitative estimate of drug-likeness (QED) is 0.0699. The largest absolute Gasteiger partial charge is 0.478 e. The van der Waals surface area contributed by atoms with Crippen molar-refractivity contribution in [3.63, 3.8) is 0 Å². The number of nitrogens with zero attached hydrogens (tertiary/aromatic N) is 5. The minimum atomic E-state index is -4.67. The van der Waals surface area contributed by atoms with Crippen LogP contribution in [-0.2, 0) is 48.8 Å². The van der Waals surface area contributed by atoms with Gasteiger partial charge in [-0.2, -0.15) is 8.42 Å². The molecule has 4 saturated heterocycles. The zero-order valence-corrected chi connectivity index (χ0v) is 38.5. The third-order valence-electron chi connectivity index (χ3n) is 17.0. The highest BCUT2D eigenvalue weighted by Gasteiger charge is 2.63. The number of imide groups is 4. The number of nitrogens with one attached hydrogen (secondary N) is 2. The van der Waals surface area contributed by atoms with Gasteiger partial charge in [0.05, 0.1) is 75.7 Å². The lowest BCUT2D eigenvalue weighted by Crippen LogP contribution is -2.35. The molecule has 4 saturated carbocycles. The highest BCUT2D eigenvalue weighted by Crippen LogP contribution is 2.57. The molecule has 4 aliphatic heterocycles.